The van der Waals surface area contributed by atoms with Gasteiger partial charge in [-0.3, -0.25) is 4.79 Å². The van der Waals surface area contributed by atoms with E-state index < -0.39 is 48.2 Å². The predicted molar refractivity (Wildman–Crippen MR) is 317 cm³/mol. The van der Waals surface area contributed by atoms with Gasteiger partial charge in [0.15, 0.2) is 54.3 Å². The molecule has 4 aliphatic rings. The quantitative estimate of drug-likeness (QED) is 0.0635. The van der Waals surface area contributed by atoms with Crippen LogP contribution in [-0.4, -0.2) is 129 Å². The Morgan fingerprint density at radius 1 is 0.659 bits per heavy atom. The van der Waals surface area contributed by atoms with Crippen molar-refractivity contribution in [2.75, 3.05) is 73.9 Å². The molecular weight excluding hydrogens is 1190 g/mol. The number of hydrogen-bond acceptors (Lipinski definition) is 20. The van der Waals surface area contributed by atoms with Crippen molar-refractivity contribution in [2.45, 2.75) is 106 Å². The average molecular weight is 1260 g/mol. The van der Waals surface area contributed by atoms with Crippen LogP contribution >= 0.6 is 23.2 Å². The van der Waals surface area contributed by atoms with E-state index in [0.717, 1.165) is 41.1 Å². The third-order valence-electron chi connectivity index (χ3n) is 13.5. The molecular formula is C57H65Cl2F3N10O11S2. The highest BCUT2D eigenvalue weighted by Gasteiger charge is 2.39. The molecule has 2 fully saturated rings. The van der Waals surface area contributed by atoms with Crippen LogP contribution in [-0.2, 0) is 29.2 Å². The van der Waals surface area contributed by atoms with Crippen LogP contribution in [0.15, 0.2) is 82.8 Å². The second-order valence-electron chi connectivity index (χ2n) is 21.6. The number of sulfone groups is 2. The number of alkyl halides is 3. The van der Waals surface area contributed by atoms with Gasteiger partial charge < -0.3 is 55.2 Å². The van der Waals surface area contributed by atoms with Crippen molar-refractivity contribution in [3.8, 4) is 23.0 Å². The normalized spacial score (nSPS) is 15.0. The fraction of sp³-hybridized carbons (Fsp3) is 0.404. The number of carbonyl (C=O) groups excluding carboxylic acids is 2. The Bertz CT molecular complexity index is 3700. The number of anilines is 8. The molecule has 2 saturated heterocycles. The predicted octanol–water partition coefficient (Wildman–Crippen LogP) is 11.5. The number of nitrogens with zero attached hydrogens (tertiary/aromatic N) is 5. The standard InChI is InChI=1S/C30H36ClN5O6S.C25H28ClN5O4S.C2HF3O/c1-17(2)43(38,39)23-10-8-7-9-21(23)33-27-20(31)14-32-28(35-27)34-22-13-18(3)24(26-25(22)40-11-12-41-26)19-15-36(16-19)29(37)42-30(4,5)6;1-14(2)36(32,33)20-7-5-4-6-18(20)29-24-17(26)13-28-25(31-24)30-19-10-15(3)21(16-11-27-12-16)23-22(19)34-8-9-35-23;3-2(4,5)1-6/h7-10,13-14,17,19H,11-12,15-16H2,1-6H3,(H2,32,33,34,35);4-7,10,13-14,16,27H,8-9,11-12H2,1-3H3,(H2,28,29,30,31);1H. The highest BCUT2D eigenvalue weighted by atomic mass is 35.5. The topological polar surface area (TPSA) is 264 Å². The van der Waals surface area contributed by atoms with Crippen molar-refractivity contribution in [3.05, 3.63) is 105 Å². The minimum absolute atomic E-state index is 0.0711. The first-order chi connectivity index (χ1) is 40.1. The van der Waals surface area contributed by atoms with Gasteiger partial charge in [0, 0.05) is 49.1 Å². The molecule has 0 unspecified atom stereocenters. The molecule has 28 heteroatoms. The number of benzene rings is 4. The molecule has 1 amide bonds. The molecule has 21 nitrogen and oxygen atoms in total. The molecule has 6 aromatic rings. The van der Waals surface area contributed by atoms with Crippen LogP contribution in [0.1, 0.15) is 82.6 Å². The van der Waals surface area contributed by atoms with Gasteiger partial charge in [-0.05, 0) is 110 Å². The number of para-hydroxylation sites is 2. The molecule has 0 saturated carbocycles. The van der Waals surface area contributed by atoms with E-state index in [0.29, 0.717) is 85.4 Å². The number of carbonyl (C=O) groups is 2. The lowest BCUT2D eigenvalue weighted by molar-refractivity contribution is -0.156. The highest BCUT2D eigenvalue weighted by molar-refractivity contribution is 7.92. The summed E-state index contributed by atoms with van der Waals surface area (Å²) in [6.45, 7) is 20.7. The van der Waals surface area contributed by atoms with Crippen LogP contribution < -0.4 is 45.5 Å². The number of fused-ring (bicyclic) bond motifs is 2. The van der Waals surface area contributed by atoms with Crippen LogP contribution in [0.3, 0.4) is 0 Å². The summed E-state index contributed by atoms with van der Waals surface area (Å²) in [6.07, 6.45) is -3.14. The summed E-state index contributed by atoms with van der Waals surface area (Å²) in [7, 11) is -7.09. The second kappa shape index (κ2) is 26.1. The smallest absolute Gasteiger partial charge is 0.446 e. The number of aromatic nitrogens is 4. The van der Waals surface area contributed by atoms with Gasteiger partial charge in [-0.15, -0.1) is 0 Å². The molecule has 456 valence electrons. The molecule has 5 N–H and O–H groups in total. The zero-order valence-corrected chi connectivity index (χ0v) is 51.0. The molecule has 0 spiro atoms. The van der Waals surface area contributed by atoms with E-state index in [1.54, 1.807) is 81.1 Å². The first kappa shape index (κ1) is 63.6. The summed E-state index contributed by atoms with van der Waals surface area (Å²) in [5.41, 5.74) is 5.69. The maximum atomic E-state index is 12.9. The lowest BCUT2D eigenvalue weighted by Gasteiger charge is -2.41. The lowest BCUT2D eigenvalue weighted by atomic mass is 9.87. The molecule has 4 aromatic carbocycles. The molecule has 6 heterocycles. The van der Waals surface area contributed by atoms with Crippen molar-refractivity contribution in [3.63, 3.8) is 0 Å². The molecule has 4 aliphatic heterocycles. The lowest BCUT2D eigenvalue weighted by Crippen LogP contribution is -2.50. The van der Waals surface area contributed by atoms with Gasteiger partial charge >= 0.3 is 12.3 Å². The van der Waals surface area contributed by atoms with Crippen molar-refractivity contribution < 1.29 is 63.3 Å². The number of aryl methyl sites for hydroxylation is 2. The Labute approximate surface area is 500 Å². The van der Waals surface area contributed by atoms with Crippen LogP contribution in [0.5, 0.6) is 23.0 Å². The largest absolute Gasteiger partial charge is 0.486 e. The van der Waals surface area contributed by atoms with E-state index in [-0.39, 0.29) is 55.4 Å². The van der Waals surface area contributed by atoms with Crippen molar-refractivity contribution in [1.29, 1.82) is 0 Å². The zero-order valence-electron chi connectivity index (χ0n) is 47.9. The number of halogens is 5. The summed E-state index contributed by atoms with van der Waals surface area (Å²) >= 11 is 12.8. The maximum absolute atomic E-state index is 12.9. The molecule has 0 aliphatic carbocycles. The Kier molecular flexibility index (Phi) is 19.5. The number of amides is 1. The average Bonchev–Trinajstić information content (AvgIpc) is 1.22. The van der Waals surface area contributed by atoms with E-state index in [9.17, 15) is 34.8 Å². The number of hydrogen-bond donors (Lipinski definition) is 5. The monoisotopic (exact) mass is 1260 g/mol. The molecule has 85 heavy (non-hydrogen) atoms. The molecule has 0 bridgehead atoms. The van der Waals surface area contributed by atoms with Gasteiger partial charge in [0.2, 0.25) is 18.2 Å². The number of nitrogens with one attached hydrogen (secondary N) is 5. The summed E-state index contributed by atoms with van der Waals surface area (Å²) < 4.78 is 113. The van der Waals surface area contributed by atoms with Crippen LogP contribution in [0.25, 0.3) is 0 Å². The maximum Gasteiger partial charge on any atom is 0.446 e. The third kappa shape index (κ3) is 15.0. The first-order valence-electron chi connectivity index (χ1n) is 26.9. The van der Waals surface area contributed by atoms with Gasteiger partial charge in [-0.2, -0.15) is 23.1 Å². The molecule has 10 rings (SSSR count). The van der Waals surface area contributed by atoms with Gasteiger partial charge in [0.1, 0.15) is 42.1 Å². The Balaban J connectivity index is 0.000000204. The summed E-state index contributed by atoms with van der Waals surface area (Å²) in [6, 6.07) is 17.3. The van der Waals surface area contributed by atoms with Crippen molar-refractivity contribution in [1.82, 2.24) is 30.2 Å². The first-order valence-corrected chi connectivity index (χ1v) is 30.8. The SMILES string of the molecule is Cc1cc(Nc2ncc(Cl)c(Nc3ccccc3S(=O)(=O)C(C)C)n2)c2c(c1C1CN(C(=O)OC(C)(C)C)C1)OCCO2.Cc1cc(Nc2ncc(Cl)c(Nc3ccccc3S(=O)(=O)C(C)C)n2)c2c(c1C1CNC1)OCCO2.O=CC(F)(F)F. The van der Waals surface area contributed by atoms with Gasteiger partial charge in [0.25, 0.3) is 0 Å². The van der Waals surface area contributed by atoms with Gasteiger partial charge in [0.05, 0.1) is 55.4 Å². The van der Waals surface area contributed by atoms with Gasteiger partial charge in [-0.1, -0.05) is 47.5 Å². The summed E-state index contributed by atoms with van der Waals surface area (Å²) in [5, 5.41) is 15.2. The fourth-order valence-electron chi connectivity index (χ4n) is 9.22. The van der Waals surface area contributed by atoms with Crippen LogP contribution in [0.2, 0.25) is 10.0 Å². The number of likely N-dealkylation sites (tertiary alicyclic amines) is 1. The number of ether oxygens (including phenoxy) is 5. The van der Waals surface area contributed by atoms with E-state index in [1.807, 2.05) is 39.8 Å². The van der Waals surface area contributed by atoms with Crippen molar-refractivity contribution >= 4 is 102 Å². The summed E-state index contributed by atoms with van der Waals surface area (Å²) in [4.78, 5) is 40.9. The molecule has 0 radical (unpaired) electrons. The fourth-order valence-corrected chi connectivity index (χ4v) is 11.9. The number of rotatable bonds is 14. The van der Waals surface area contributed by atoms with Crippen LogP contribution in [0, 0.1) is 13.8 Å². The Morgan fingerprint density at radius 2 is 1.05 bits per heavy atom. The van der Waals surface area contributed by atoms with Crippen molar-refractivity contribution in [2.24, 2.45) is 0 Å². The second-order valence-corrected chi connectivity index (χ2v) is 27.3. The minimum Gasteiger partial charge on any atom is -0.486 e. The minimum atomic E-state index is -4.64. The molecule has 0 atom stereocenters. The zero-order chi connectivity index (χ0) is 61.8. The van der Waals surface area contributed by atoms with Gasteiger partial charge in [-0.25, -0.2) is 31.6 Å². The van der Waals surface area contributed by atoms with E-state index in [2.05, 4.69) is 53.4 Å². The third-order valence-corrected chi connectivity index (χ3v) is 18.5. The number of aldehydes is 1. The van der Waals surface area contributed by atoms with E-state index in [4.69, 9.17) is 51.7 Å². The Hall–Kier alpha value is -7.39. The van der Waals surface area contributed by atoms with E-state index >= 15 is 0 Å². The van der Waals surface area contributed by atoms with E-state index in [1.165, 1.54) is 12.4 Å². The van der Waals surface area contributed by atoms with Crippen LogP contribution in [0.4, 0.5) is 64.2 Å². The Morgan fingerprint density at radius 3 is 1.41 bits per heavy atom. The highest BCUT2D eigenvalue weighted by Crippen LogP contribution is 2.49. The molecule has 2 aromatic heterocycles. The summed E-state index contributed by atoms with van der Waals surface area (Å²) in [5.74, 6) is 4.03.